The van der Waals surface area contributed by atoms with Gasteiger partial charge in [-0.05, 0) is 45.4 Å². The van der Waals surface area contributed by atoms with Gasteiger partial charge in [0.2, 0.25) is 5.91 Å². The van der Waals surface area contributed by atoms with Gasteiger partial charge in [-0.1, -0.05) is 0 Å². The number of hydrogen-bond acceptors (Lipinski definition) is 4. The first-order chi connectivity index (χ1) is 10.4. The first-order valence-electron chi connectivity index (χ1n) is 7.09. The molecule has 0 aliphatic heterocycles. The fourth-order valence-electron chi connectivity index (χ4n) is 2.24. The van der Waals surface area contributed by atoms with Crippen molar-refractivity contribution >= 4 is 23.2 Å². The number of hydrogen-bond donors (Lipinski definition) is 2. The van der Waals surface area contributed by atoms with Gasteiger partial charge in [-0.25, -0.2) is 0 Å². The van der Waals surface area contributed by atoms with Crippen molar-refractivity contribution in [1.29, 1.82) is 0 Å². The summed E-state index contributed by atoms with van der Waals surface area (Å²) in [6.45, 7) is 7.69. The Morgan fingerprint density at radius 2 is 1.95 bits per heavy atom. The molecule has 0 saturated carbocycles. The molecule has 0 unspecified atom stereocenters. The third-order valence-electron chi connectivity index (χ3n) is 3.43. The minimum Gasteiger partial charge on any atom is -0.472 e. The maximum absolute atomic E-state index is 12.2. The molecule has 0 saturated heterocycles. The maximum atomic E-state index is 12.2. The predicted molar refractivity (Wildman–Crippen MR) is 86.0 cm³/mol. The molecule has 5 nitrogen and oxygen atoms in total. The Kier molecular flexibility index (Phi) is 5.03. The number of thiophene rings is 1. The van der Waals surface area contributed by atoms with E-state index < -0.39 is 6.04 Å². The number of carbonyl (C=O) groups excluding carboxylic acids is 2. The van der Waals surface area contributed by atoms with Crippen LogP contribution in [0.25, 0.3) is 0 Å². The highest BCUT2D eigenvalue weighted by molar-refractivity contribution is 7.12. The van der Waals surface area contributed by atoms with E-state index in [2.05, 4.69) is 16.7 Å². The van der Waals surface area contributed by atoms with Gasteiger partial charge in [-0.15, -0.1) is 11.3 Å². The van der Waals surface area contributed by atoms with Gasteiger partial charge in [-0.2, -0.15) is 0 Å². The second kappa shape index (κ2) is 6.79. The van der Waals surface area contributed by atoms with Gasteiger partial charge >= 0.3 is 0 Å². The fourth-order valence-corrected chi connectivity index (χ4v) is 3.26. The molecule has 2 N–H and O–H groups in total. The van der Waals surface area contributed by atoms with Crippen molar-refractivity contribution in [3.8, 4) is 0 Å². The van der Waals surface area contributed by atoms with E-state index in [1.807, 2.05) is 20.8 Å². The van der Waals surface area contributed by atoms with Crippen LogP contribution in [0.2, 0.25) is 0 Å². The minimum absolute atomic E-state index is 0.0919. The van der Waals surface area contributed by atoms with Crippen molar-refractivity contribution in [2.45, 2.75) is 39.8 Å². The minimum atomic E-state index is -0.620. The van der Waals surface area contributed by atoms with Crippen LogP contribution in [0.1, 0.15) is 45.6 Å². The molecule has 0 radical (unpaired) electrons. The van der Waals surface area contributed by atoms with Crippen molar-refractivity contribution in [1.82, 2.24) is 10.6 Å². The molecule has 118 valence electrons. The molecule has 2 rings (SSSR count). The zero-order valence-corrected chi connectivity index (χ0v) is 13.9. The summed E-state index contributed by atoms with van der Waals surface area (Å²) in [6.07, 6.45) is 2.77. The Morgan fingerprint density at radius 3 is 2.50 bits per heavy atom. The zero-order chi connectivity index (χ0) is 16.3. The number of furan rings is 1. The van der Waals surface area contributed by atoms with E-state index in [1.54, 1.807) is 24.3 Å². The van der Waals surface area contributed by atoms with E-state index in [-0.39, 0.29) is 17.9 Å². The lowest BCUT2D eigenvalue weighted by atomic mass is 10.1. The van der Waals surface area contributed by atoms with Gasteiger partial charge < -0.3 is 15.1 Å². The van der Waals surface area contributed by atoms with Crippen molar-refractivity contribution in [3.05, 3.63) is 45.5 Å². The van der Waals surface area contributed by atoms with Gasteiger partial charge in [-0.3, -0.25) is 9.59 Å². The first-order valence-corrected chi connectivity index (χ1v) is 7.90. The van der Waals surface area contributed by atoms with Crippen LogP contribution in [0.15, 0.2) is 29.1 Å². The lowest BCUT2D eigenvalue weighted by Gasteiger charge is -2.18. The summed E-state index contributed by atoms with van der Waals surface area (Å²) in [5.74, 6) is -0.542. The largest absolute Gasteiger partial charge is 0.472 e. The Hall–Kier alpha value is -2.08. The van der Waals surface area contributed by atoms with E-state index in [4.69, 9.17) is 4.42 Å². The van der Waals surface area contributed by atoms with E-state index in [1.165, 1.54) is 22.3 Å². The second-order valence-corrected chi connectivity index (χ2v) is 6.77. The molecule has 0 spiro atoms. The number of carbonyl (C=O) groups is 2. The molecular formula is C16H20N2O3S. The van der Waals surface area contributed by atoms with Crippen LogP contribution in [-0.2, 0) is 4.79 Å². The molecule has 0 bridgehead atoms. The third-order valence-corrected chi connectivity index (χ3v) is 4.41. The fraction of sp³-hybridized carbons (Fsp3) is 0.375. The number of amides is 2. The summed E-state index contributed by atoms with van der Waals surface area (Å²) in [7, 11) is 0. The molecule has 0 fully saturated rings. The Balaban J connectivity index is 1.93. The summed E-state index contributed by atoms with van der Waals surface area (Å²) in [4.78, 5) is 26.5. The zero-order valence-electron chi connectivity index (χ0n) is 13.1. The van der Waals surface area contributed by atoms with Gasteiger partial charge in [0.05, 0.1) is 17.9 Å². The Bertz CT molecular complexity index is 661. The Labute approximate surface area is 133 Å². The first kappa shape index (κ1) is 16.3. The molecule has 0 aromatic carbocycles. The molecule has 6 heteroatoms. The summed E-state index contributed by atoms with van der Waals surface area (Å²) in [5, 5.41) is 5.58. The molecule has 2 aromatic heterocycles. The average molecular weight is 320 g/mol. The summed E-state index contributed by atoms with van der Waals surface area (Å²) in [6, 6.07) is 2.93. The lowest BCUT2D eigenvalue weighted by Crippen LogP contribution is -2.45. The SMILES string of the molecule is Cc1cc([C@H](C)NC(=O)[C@H](C)NC(=O)c2ccoc2)c(C)s1. The summed E-state index contributed by atoms with van der Waals surface area (Å²) < 4.78 is 4.86. The van der Waals surface area contributed by atoms with Gasteiger partial charge in [0.1, 0.15) is 12.3 Å². The molecule has 2 amide bonds. The van der Waals surface area contributed by atoms with Crippen LogP contribution in [0, 0.1) is 13.8 Å². The van der Waals surface area contributed by atoms with Crippen LogP contribution in [0.4, 0.5) is 0 Å². The maximum Gasteiger partial charge on any atom is 0.255 e. The van der Waals surface area contributed by atoms with Crippen molar-refractivity contribution in [2.75, 3.05) is 0 Å². The van der Waals surface area contributed by atoms with Crippen LogP contribution in [0.3, 0.4) is 0 Å². The Morgan fingerprint density at radius 1 is 1.23 bits per heavy atom. The van der Waals surface area contributed by atoms with Crippen molar-refractivity contribution in [2.24, 2.45) is 0 Å². The van der Waals surface area contributed by atoms with E-state index in [9.17, 15) is 9.59 Å². The van der Waals surface area contributed by atoms with E-state index in [0.29, 0.717) is 5.56 Å². The van der Waals surface area contributed by atoms with Crippen LogP contribution >= 0.6 is 11.3 Å². The molecule has 0 aliphatic carbocycles. The number of nitrogens with one attached hydrogen (secondary N) is 2. The third kappa shape index (κ3) is 3.76. The smallest absolute Gasteiger partial charge is 0.255 e. The summed E-state index contributed by atoms with van der Waals surface area (Å²) >= 11 is 1.71. The number of rotatable bonds is 5. The second-order valence-electron chi connectivity index (χ2n) is 5.31. The summed E-state index contributed by atoms with van der Waals surface area (Å²) in [5.41, 5.74) is 1.52. The van der Waals surface area contributed by atoms with Gasteiger partial charge in [0.25, 0.3) is 5.91 Å². The molecule has 2 aromatic rings. The molecular weight excluding hydrogens is 300 g/mol. The van der Waals surface area contributed by atoms with Gasteiger partial charge in [0.15, 0.2) is 0 Å². The molecule has 2 heterocycles. The lowest BCUT2D eigenvalue weighted by molar-refractivity contribution is -0.123. The number of aryl methyl sites for hydroxylation is 2. The van der Waals surface area contributed by atoms with Crippen LogP contribution in [-0.4, -0.2) is 17.9 Å². The van der Waals surface area contributed by atoms with Crippen molar-refractivity contribution < 1.29 is 14.0 Å². The van der Waals surface area contributed by atoms with Crippen LogP contribution in [0.5, 0.6) is 0 Å². The van der Waals surface area contributed by atoms with Crippen molar-refractivity contribution in [3.63, 3.8) is 0 Å². The quantitative estimate of drug-likeness (QED) is 0.890. The highest BCUT2D eigenvalue weighted by Gasteiger charge is 2.20. The molecule has 0 aliphatic rings. The molecule has 2 atom stereocenters. The highest BCUT2D eigenvalue weighted by Crippen LogP contribution is 2.26. The van der Waals surface area contributed by atoms with E-state index >= 15 is 0 Å². The highest BCUT2D eigenvalue weighted by atomic mass is 32.1. The molecule has 22 heavy (non-hydrogen) atoms. The monoisotopic (exact) mass is 320 g/mol. The average Bonchev–Trinajstić information content (AvgIpc) is 3.08. The standard InChI is InChI=1S/C16H20N2O3S/c1-9-7-14(12(4)22-9)10(2)17-15(19)11(3)18-16(20)13-5-6-21-8-13/h5-8,10-11H,1-4H3,(H,17,19)(H,18,20)/t10-,11-/m0/s1. The predicted octanol–water partition coefficient (Wildman–Crippen LogP) is 2.95. The van der Waals surface area contributed by atoms with E-state index in [0.717, 1.165) is 5.56 Å². The van der Waals surface area contributed by atoms with Gasteiger partial charge in [0, 0.05) is 9.75 Å². The van der Waals surface area contributed by atoms with Crippen LogP contribution < -0.4 is 10.6 Å². The normalized spacial score (nSPS) is 13.5. The topological polar surface area (TPSA) is 71.3 Å².